The van der Waals surface area contributed by atoms with Gasteiger partial charge in [0.1, 0.15) is 0 Å². The smallest absolute Gasteiger partial charge is 0.253 e. The van der Waals surface area contributed by atoms with E-state index in [1.54, 1.807) is 7.11 Å². The SMILES string of the molecule is CCNc1ccc(C(=O)N2CCC(COC)C2)cc1C. The second-order valence-corrected chi connectivity index (χ2v) is 5.42. The summed E-state index contributed by atoms with van der Waals surface area (Å²) in [5.41, 5.74) is 3.00. The lowest BCUT2D eigenvalue weighted by atomic mass is 10.1. The predicted octanol–water partition coefficient (Wildman–Crippen LogP) is 2.54. The van der Waals surface area contributed by atoms with Crippen molar-refractivity contribution < 1.29 is 9.53 Å². The molecule has 4 heteroatoms. The topological polar surface area (TPSA) is 41.6 Å². The summed E-state index contributed by atoms with van der Waals surface area (Å²) in [7, 11) is 1.72. The molecule has 1 saturated heterocycles. The number of hydrogen-bond acceptors (Lipinski definition) is 3. The number of ether oxygens (including phenoxy) is 1. The number of benzene rings is 1. The average molecular weight is 276 g/mol. The van der Waals surface area contributed by atoms with Crippen LogP contribution in [0.1, 0.15) is 29.3 Å². The van der Waals surface area contributed by atoms with Gasteiger partial charge in [0.25, 0.3) is 5.91 Å². The van der Waals surface area contributed by atoms with E-state index in [1.807, 2.05) is 30.0 Å². The van der Waals surface area contributed by atoms with Gasteiger partial charge in [-0.1, -0.05) is 0 Å². The van der Waals surface area contributed by atoms with Crippen LogP contribution >= 0.6 is 0 Å². The molecule has 1 unspecified atom stereocenters. The number of carbonyl (C=O) groups is 1. The molecule has 2 rings (SSSR count). The van der Waals surface area contributed by atoms with Crippen LogP contribution in [0.4, 0.5) is 5.69 Å². The molecule has 0 saturated carbocycles. The summed E-state index contributed by atoms with van der Waals surface area (Å²) in [6.07, 6.45) is 1.04. The first-order valence-electron chi connectivity index (χ1n) is 7.28. The number of nitrogens with zero attached hydrogens (tertiary/aromatic N) is 1. The molecule has 0 aromatic heterocycles. The number of amides is 1. The summed E-state index contributed by atoms with van der Waals surface area (Å²) in [5, 5.41) is 3.29. The maximum absolute atomic E-state index is 12.5. The average Bonchev–Trinajstić information content (AvgIpc) is 2.89. The highest BCUT2D eigenvalue weighted by atomic mass is 16.5. The first-order chi connectivity index (χ1) is 9.65. The van der Waals surface area contributed by atoms with E-state index in [0.717, 1.165) is 49.5 Å². The molecule has 1 aromatic carbocycles. The Hall–Kier alpha value is -1.55. The molecule has 1 heterocycles. The van der Waals surface area contributed by atoms with Crippen LogP contribution in [0, 0.1) is 12.8 Å². The fraction of sp³-hybridized carbons (Fsp3) is 0.562. The second kappa shape index (κ2) is 6.75. The molecule has 0 bridgehead atoms. The van der Waals surface area contributed by atoms with Crippen molar-refractivity contribution in [2.45, 2.75) is 20.3 Å². The third-order valence-corrected chi connectivity index (χ3v) is 3.82. The van der Waals surface area contributed by atoms with Crippen molar-refractivity contribution in [3.63, 3.8) is 0 Å². The van der Waals surface area contributed by atoms with Gasteiger partial charge in [0, 0.05) is 43.9 Å². The van der Waals surface area contributed by atoms with Gasteiger partial charge in [-0.3, -0.25) is 4.79 Å². The first-order valence-corrected chi connectivity index (χ1v) is 7.28. The monoisotopic (exact) mass is 276 g/mol. The van der Waals surface area contributed by atoms with E-state index < -0.39 is 0 Å². The van der Waals surface area contributed by atoms with Gasteiger partial charge < -0.3 is 15.0 Å². The Labute approximate surface area is 121 Å². The Kier molecular flexibility index (Phi) is 5.01. The minimum Gasteiger partial charge on any atom is -0.385 e. The molecular formula is C16H24N2O2. The molecule has 0 radical (unpaired) electrons. The maximum Gasteiger partial charge on any atom is 0.253 e. The molecular weight excluding hydrogens is 252 g/mol. The summed E-state index contributed by atoms with van der Waals surface area (Å²) in [4.78, 5) is 14.4. The van der Waals surface area contributed by atoms with E-state index in [0.29, 0.717) is 5.92 Å². The normalized spacial score (nSPS) is 18.4. The Bertz CT molecular complexity index is 474. The Morgan fingerprint density at radius 1 is 1.50 bits per heavy atom. The zero-order chi connectivity index (χ0) is 14.5. The van der Waals surface area contributed by atoms with E-state index in [9.17, 15) is 4.79 Å². The largest absolute Gasteiger partial charge is 0.385 e. The molecule has 1 aliphatic rings. The Balaban J connectivity index is 2.04. The predicted molar refractivity (Wildman–Crippen MR) is 81.2 cm³/mol. The number of carbonyl (C=O) groups excluding carboxylic acids is 1. The van der Waals surface area contributed by atoms with Gasteiger partial charge in [0.2, 0.25) is 0 Å². The zero-order valence-electron chi connectivity index (χ0n) is 12.6. The molecule has 1 aliphatic heterocycles. The molecule has 1 N–H and O–H groups in total. The Morgan fingerprint density at radius 3 is 2.95 bits per heavy atom. The van der Waals surface area contributed by atoms with Crippen molar-refractivity contribution in [1.29, 1.82) is 0 Å². The van der Waals surface area contributed by atoms with Gasteiger partial charge in [-0.15, -0.1) is 0 Å². The Morgan fingerprint density at radius 2 is 2.30 bits per heavy atom. The highest BCUT2D eigenvalue weighted by Crippen LogP contribution is 2.21. The molecule has 1 fully saturated rings. The number of hydrogen-bond donors (Lipinski definition) is 1. The van der Waals surface area contributed by atoms with E-state index >= 15 is 0 Å². The number of rotatable bonds is 5. The van der Waals surface area contributed by atoms with Crippen LogP contribution in [0.2, 0.25) is 0 Å². The fourth-order valence-electron chi connectivity index (χ4n) is 2.76. The van der Waals surface area contributed by atoms with Crippen molar-refractivity contribution in [1.82, 2.24) is 4.90 Å². The summed E-state index contributed by atoms with van der Waals surface area (Å²) >= 11 is 0. The van der Waals surface area contributed by atoms with E-state index in [4.69, 9.17) is 4.74 Å². The fourth-order valence-corrected chi connectivity index (χ4v) is 2.76. The van der Waals surface area contributed by atoms with Crippen LogP contribution < -0.4 is 5.32 Å². The molecule has 110 valence electrons. The molecule has 0 aliphatic carbocycles. The van der Waals surface area contributed by atoms with Crippen LogP contribution in [-0.2, 0) is 4.74 Å². The van der Waals surface area contributed by atoms with Gasteiger partial charge >= 0.3 is 0 Å². The highest BCUT2D eigenvalue weighted by Gasteiger charge is 2.26. The summed E-state index contributed by atoms with van der Waals surface area (Å²) in [5.74, 6) is 0.612. The number of nitrogens with one attached hydrogen (secondary N) is 1. The standard InChI is InChI=1S/C16H24N2O2/c1-4-17-15-6-5-14(9-12(15)2)16(19)18-8-7-13(10-18)11-20-3/h5-6,9,13,17H,4,7-8,10-11H2,1-3H3. The van der Waals surface area contributed by atoms with E-state index in [1.165, 1.54) is 0 Å². The van der Waals surface area contributed by atoms with Gasteiger partial charge in [-0.2, -0.15) is 0 Å². The van der Waals surface area contributed by atoms with Gasteiger partial charge in [-0.25, -0.2) is 0 Å². The first kappa shape index (κ1) is 14.9. The number of aryl methyl sites for hydroxylation is 1. The van der Waals surface area contributed by atoms with Crippen molar-refractivity contribution in [2.75, 3.05) is 38.7 Å². The summed E-state index contributed by atoms with van der Waals surface area (Å²) in [6.45, 7) is 7.37. The number of methoxy groups -OCH3 is 1. The van der Waals surface area contributed by atoms with Crippen LogP contribution in [0.15, 0.2) is 18.2 Å². The van der Waals surface area contributed by atoms with Crippen LogP contribution in [0.3, 0.4) is 0 Å². The van der Waals surface area contributed by atoms with Crippen molar-refractivity contribution in [3.8, 4) is 0 Å². The molecule has 1 aromatic rings. The summed E-state index contributed by atoms with van der Waals surface area (Å²) < 4.78 is 5.18. The molecule has 1 atom stereocenters. The van der Waals surface area contributed by atoms with Crippen molar-refractivity contribution in [3.05, 3.63) is 29.3 Å². The molecule has 0 spiro atoms. The zero-order valence-corrected chi connectivity index (χ0v) is 12.6. The lowest BCUT2D eigenvalue weighted by Gasteiger charge is -2.17. The number of anilines is 1. The third kappa shape index (κ3) is 3.31. The molecule has 1 amide bonds. The van der Waals surface area contributed by atoms with Crippen LogP contribution in [0.5, 0.6) is 0 Å². The van der Waals surface area contributed by atoms with Gasteiger partial charge in [0.05, 0.1) is 6.61 Å². The van der Waals surface area contributed by atoms with Gasteiger partial charge in [0.15, 0.2) is 0 Å². The van der Waals surface area contributed by atoms with Gasteiger partial charge in [-0.05, 0) is 44.0 Å². The lowest BCUT2D eigenvalue weighted by Crippen LogP contribution is -2.29. The van der Waals surface area contributed by atoms with Crippen molar-refractivity contribution in [2.24, 2.45) is 5.92 Å². The quantitative estimate of drug-likeness (QED) is 0.898. The highest BCUT2D eigenvalue weighted by molar-refractivity contribution is 5.95. The van der Waals surface area contributed by atoms with E-state index in [2.05, 4.69) is 12.2 Å². The minimum absolute atomic E-state index is 0.134. The second-order valence-electron chi connectivity index (χ2n) is 5.42. The molecule has 4 nitrogen and oxygen atoms in total. The van der Waals surface area contributed by atoms with Crippen LogP contribution in [0.25, 0.3) is 0 Å². The van der Waals surface area contributed by atoms with Crippen molar-refractivity contribution >= 4 is 11.6 Å². The minimum atomic E-state index is 0.134. The van der Waals surface area contributed by atoms with Crippen LogP contribution in [-0.4, -0.2) is 44.2 Å². The summed E-state index contributed by atoms with van der Waals surface area (Å²) in [6, 6.07) is 5.88. The lowest BCUT2D eigenvalue weighted by molar-refractivity contribution is 0.0775. The third-order valence-electron chi connectivity index (χ3n) is 3.82. The molecule has 20 heavy (non-hydrogen) atoms. The maximum atomic E-state index is 12.5. The van der Waals surface area contributed by atoms with E-state index in [-0.39, 0.29) is 5.91 Å². The number of likely N-dealkylation sites (tertiary alicyclic amines) is 1.